The third-order valence-electron chi connectivity index (χ3n) is 5.87. The van der Waals surface area contributed by atoms with E-state index < -0.39 is 0 Å². The van der Waals surface area contributed by atoms with Crippen molar-refractivity contribution in [1.82, 2.24) is 9.80 Å². The first-order valence-corrected chi connectivity index (χ1v) is 10.5. The molecular formula is C22H31N3O4. The first-order chi connectivity index (χ1) is 14.0. The highest BCUT2D eigenvalue weighted by Gasteiger charge is 2.25. The quantitative estimate of drug-likeness (QED) is 0.726. The summed E-state index contributed by atoms with van der Waals surface area (Å²) in [7, 11) is 1.60. The van der Waals surface area contributed by atoms with Crippen LogP contribution in [-0.4, -0.2) is 60.8 Å². The summed E-state index contributed by atoms with van der Waals surface area (Å²) in [6, 6.07) is 7.34. The molecule has 1 aromatic rings. The van der Waals surface area contributed by atoms with E-state index in [1.165, 1.54) is 0 Å². The Balaban J connectivity index is 1.33. The highest BCUT2D eigenvalue weighted by molar-refractivity contribution is 5.90. The van der Waals surface area contributed by atoms with Crippen molar-refractivity contribution in [2.24, 2.45) is 5.92 Å². The largest absolute Gasteiger partial charge is 0.497 e. The van der Waals surface area contributed by atoms with Crippen molar-refractivity contribution < 1.29 is 19.1 Å². The lowest BCUT2D eigenvalue weighted by Gasteiger charge is -2.32. The van der Waals surface area contributed by atoms with E-state index in [4.69, 9.17) is 4.74 Å². The monoisotopic (exact) mass is 401 g/mol. The number of benzene rings is 1. The van der Waals surface area contributed by atoms with Crippen LogP contribution in [0.2, 0.25) is 0 Å². The van der Waals surface area contributed by atoms with Crippen LogP contribution >= 0.6 is 0 Å². The molecule has 0 bridgehead atoms. The molecule has 2 fully saturated rings. The van der Waals surface area contributed by atoms with Gasteiger partial charge in [0.25, 0.3) is 0 Å². The molecule has 2 aliphatic heterocycles. The minimum Gasteiger partial charge on any atom is -0.497 e. The minimum absolute atomic E-state index is 0.00652. The average molecular weight is 402 g/mol. The second-order valence-electron chi connectivity index (χ2n) is 7.88. The van der Waals surface area contributed by atoms with Crippen molar-refractivity contribution in [3.63, 3.8) is 0 Å². The standard InChI is InChI=1S/C22H31N3O4/c1-29-19-5-2-4-18(16-19)23-20(26)8-7-17-9-13-25(14-10-17)22(28)11-15-24-12-3-6-21(24)27/h2,4-5,16-17H,3,6-15H2,1H3,(H,23,26). The Bertz CT molecular complexity index is 729. The second-order valence-corrected chi connectivity index (χ2v) is 7.88. The van der Waals surface area contributed by atoms with E-state index in [9.17, 15) is 14.4 Å². The van der Waals surface area contributed by atoms with Crippen molar-refractivity contribution in [3.05, 3.63) is 24.3 Å². The normalized spacial score (nSPS) is 17.5. The van der Waals surface area contributed by atoms with Gasteiger partial charge in [-0.15, -0.1) is 0 Å². The first-order valence-electron chi connectivity index (χ1n) is 10.5. The van der Waals surface area contributed by atoms with Crippen LogP contribution in [0.5, 0.6) is 5.75 Å². The Labute approximate surface area is 172 Å². The lowest BCUT2D eigenvalue weighted by atomic mass is 9.92. The molecule has 0 aromatic heterocycles. The molecule has 0 saturated carbocycles. The van der Waals surface area contributed by atoms with Gasteiger partial charge in [-0.05, 0) is 43.7 Å². The number of anilines is 1. The molecule has 0 radical (unpaired) electrons. The van der Waals surface area contributed by atoms with Gasteiger partial charge in [-0.3, -0.25) is 14.4 Å². The number of rotatable bonds is 8. The van der Waals surface area contributed by atoms with Gasteiger partial charge in [-0.25, -0.2) is 0 Å². The van der Waals surface area contributed by atoms with Gasteiger partial charge in [-0.1, -0.05) is 6.07 Å². The minimum atomic E-state index is 0.00652. The number of nitrogens with zero attached hydrogens (tertiary/aromatic N) is 2. The topological polar surface area (TPSA) is 79.0 Å². The van der Waals surface area contributed by atoms with Crippen LogP contribution in [0.3, 0.4) is 0 Å². The van der Waals surface area contributed by atoms with E-state index >= 15 is 0 Å². The zero-order valence-corrected chi connectivity index (χ0v) is 17.2. The van der Waals surface area contributed by atoms with Crippen LogP contribution < -0.4 is 10.1 Å². The van der Waals surface area contributed by atoms with Gasteiger partial charge >= 0.3 is 0 Å². The number of amides is 3. The number of carbonyl (C=O) groups excluding carboxylic acids is 3. The summed E-state index contributed by atoms with van der Waals surface area (Å²) in [5.74, 6) is 1.50. The highest BCUT2D eigenvalue weighted by atomic mass is 16.5. The molecule has 3 amide bonds. The predicted octanol–water partition coefficient (Wildman–Crippen LogP) is 2.67. The molecule has 7 heteroatoms. The van der Waals surface area contributed by atoms with Crippen LogP contribution in [-0.2, 0) is 14.4 Å². The molecule has 2 heterocycles. The molecule has 2 aliphatic rings. The van der Waals surface area contributed by atoms with Crippen LogP contribution in [0.15, 0.2) is 24.3 Å². The Morgan fingerprint density at radius 1 is 1.17 bits per heavy atom. The van der Waals surface area contributed by atoms with Crippen LogP contribution in [0, 0.1) is 5.92 Å². The fraction of sp³-hybridized carbons (Fsp3) is 0.591. The summed E-state index contributed by atoms with van der Waals surface area (Å²) in [5, 5.41) is 2.91. The fourth-order valence-corrected chi connectivity index (χ4v) is 4.06. The second kappa shape index (κ2) is 10.3. The maximum Gasteiger partial charge on any atom is 0.224 e. The zero-order valence-electron chi connectivity index (χ0n) is 17.2. The summed E-state index contributed by atoms with van der Waals surface area (Å²) in [4.78, 5) is 40.0. The Kier molecular flexibility index (Phi) is 7.49. The van der Waals surface area contributed by atoms with Gasteiger partial charge in [0, 0.05) is 57.2 Å². The summed E-state index contributed by atoms with van der Waals surface area (Å²) >= 11 is 0. The third kappa shape index (κ3) is 6.21. The molecule has 0 aliphatic carbocycles. The van der Waals surface area contributed by atoms with Crippen LogP contribution in [0.4, 0.5) is 5.69 Å². The molecular weight excluding hydrogens is 370 g/mol. The van der Waals surface area contributed by atoms with Crippen LogP contribution in [0.25, 0.3) is 0 Å². The Morgan fingerprint density at radius 3 is 2.66 bits per heavy atom. The van der Waals surface area contributed by atoms with Crippen molar-refractivity contribution in [3.8, 4) is 5.75 Å². The number of ether oxygens (including phenoxy) is 1. The zero-order chi connectivity index (χ0) is 20.6. The lowest BCUT2D eigenvalue weighted by molar-refractivity contribution is -0.134. The smallest absolute Gasteiger partial charge is 0.224 e. The van der Waals surface area contributed by atoms with Crippen molar-refractivity contribution in [2.45, 2.75) is 44.9 Å². The number of hydrogen-bond donors (Lipinski definition) is 1. The summed E-state index contributed by atoms with van der Waals surface area (Å²) < 4.78 is 5.17. The maximum atomic E-state index is 12.4. The van der Waals surface area contributed by atoms with Gasteiger partial charge in [-0.2, -0.15) is 0 Å². The third-order valence-corrected chi connectivity index (χ3v) is 5.87. The van der Waals surface area contributed by atoms with E-state index in [1.54, 1.807) is 18.1 Å². The molecule has 158 valence electrons. The lowest BCUT2D eigenvalue weighted by Crippen LogP contribution is -2.40. The molecule has 1 aromatic carbocycles. The predicted molar refractivity (Wildman–Crippen MR) is 111 cm³/mol. The highest BCUT2D eigenvalue weighted by Crippen LogP contribution is 2.23. The van der Waals surface area contributed by atoms with Gasteiger partial charge < -0.3 is 19.9 Å². The first kappa shape index (κ1) is 21.1. The van der Waals surface area contributed by atoms with Crippen molar-refractivity contribution in [1.29, 1.82) is 0 Å². The van der Waals surface area contributed by atoms with Gasteiger partial charge in [0.05, 0.1) is 7.11 Å². The van der Waals surface area contributed by atoms with Crippen molar-refractivity contribution in [2.75, 3.05) is 38.6 Å². The van der Waals surface area contributed by atoms with E-state index in [2.05, 4.69) is 5.32 Å². The number of piperidine rings is 1. The van der Waals surface area contributed by atoms with Gasteiger partial charge in [0.2, 0.25) is 17.7 Å². The summed E-state index contributed by atoms with van der Waals surface area (Å²) in [5.41, 5.74) is 0.742. The molecule has 29 heavy (non-hydrogen) atoms. The average Bonchev–Trinajstić information content (AvgIpc) is 3.15. The summed E-state index contributed by atoms with van der Waals surface area (Å²) in [6.07, 6.45) is 5.11. The van der Waals surface area contributed by atoms with Crippen molar-refractivity contribution >= 4 is 23.4 Å². The Hall–Kier alpha value is -2.57. The number of likely N-dealkylation sites (tertiary alicyclic amines) is 2. The van der Waals surface area contributed by atoms with E-state index in [-0.39, 0.29) is 17.7 Å². The van der Waals surface area contributed by atoms with Gasteiger partial charge in [0.15, 0.2) is 0 Å². The molecule has 7 nitrogen and oxygen atoms in total. The SMILES string of the molecule is COc1cccc(NC(=O)CCC2CCN(C(=O)CCN3CCCC3=O)CC2)c1. The molecule has 0 atom stereocenters. The number of hydrogen-bond acceptors (Lipinski definition) is 4. The summed E-state index contributed by atoms with van der Waals surface area (Å²) in [6.45, 7) is 2.82. The number of methoxy groups -OCH3 is 1. The Morgan fingerprint density at radius 2 is 1.97 bits per heavy atom. The molecule has 0 unspecified atom stereocenters. The fourth-order valence-electron chi connectivity index (χ4n) is 4.06. The molecule has 3 rings (SSSR count). The number of carbonyl (C=O) groups is 3. The van der Waals surface area contributed by atoms with E-state index in [0.29, 0.717) is 37.5 Å². The maximum absolute atomic E-state index is 12.4. The molecule has 0 spiro atoms. The molecule has 2 saturated heterocycles. The molecule has 1 N–H and O–H groups in total. The van der Waals surface area contributed by atoms with E-state index in [1.807, 2.05) is 23.1 Å². The van der Waals surface area contributed by atoms with Crippen LogP contribution in [0.1, 0.15) is 44.9 Å². The number of nitrogens with one attached hydrogen (secondary N) is 1. The van der Waals surface area contributed by atoms with E-state index in [0.717, 1.165) is 51.0 Å². The van der Waals surface area contributed by atoms with Gasteiger partial charge in [0.1, 0.15) is 5.75 Å².